The summed E-state index contributed by atoms with van der Waals surface area (Å²) in [6.07, 6.45) is 30.6. The third-order valence-electron chi connectivity index (χ3n) is 10.3. The van der Waals surface area contributed by atoms with Crippen LogP contribution in [0.5, 0.6) is 0 Å². The summed E-state index contributed by atoms with van der Waals surface area (Å²) in [5, 5.41) is 30.6. The first kappa shape index (κ1) is 53.6. The maximum absolute atomic E-state index is 12.8. The van der Waals surface area contributed by atoms with Crippen molar-refractivity contribution in [1.29, 1.82) is 0 Å². The number of carbonyl (C=O) groups excluding carboxylic acids is 1. The van der Waals surface area contributed by atoms with Gasteiger partial charge in [0.2, 0.25) is 0 Å². The molecule has 1 aliphatic rings. The van der Waals surface area contributed by atoms with Crippen molar-refractivity contribution in [3.8, 4) is 0 Å². The van der Waals surface area contributed by atoms with Crippen molar-refractivity contribution in [2.45, 2.75) is 224 Å². The topological polar surface area (TPSA) is 178 Å². The minimum absolute atomic E-state index is 0.0363. The highest BCUT2D eigenvalue weighted by molar-refractivity contribution is 7.80. The fraction of sp³-hybridized carbons (Fsp3) is 0.886. The molecule has 0 bridgehead atoms. The zero-order valence-corrected chi connectivity index (χ0v) is 36.5. The molecule has 1 heterocycles. The summed E-state index contributed by atoms with van der Waals surface area (Å²) in [4.78, 5) is 12.8. The molecular formula is C44H82O12S. The van der Waals surface area contributed by atoms with Crippen LogP contribution in [0.25, 0.3) is 0 Å². The molecule has 13 heteroatoms. The quantitative estimate of drug-likeness (QED) is 0.0200. The van der Waals surface area contributed by atoms with E-state index >= 15 is 0 Å². The van der Waals surface area contributed by atoms with Gasteiger partial charge in [0.1, 0.15) is 30.5 Å². The predicted octanol–water partition coefficient (Wildman–Crippen LogP) is 9.24. The zero-order chi connectivity index (χ0) is 41.8. The van der Waals surface area contributed by atoms with Gasteiger partial charge in [-0.05, 0) is 44.9 Å². The molecule has 336 valence electrons. The standard InChI is InChI=1S/C44H82O12S/c1-3-5-7-9-11-13-15-17-18-19-20-21-22-23-25-27-29-31-33-40(46)54-38(36-52-34-32-30-28-26-24-16-14-12-10-8-6-4-2)37-53-44-42(48)43(56-57(49,50)51)41(47)39(35-45)55-44/h13,15,18-19,38-39,41-45,47-48H,3-12,14,16-17,20-37H2,1-2H3,(H,49,50,51)/b15-13-,19-18-. The molecule has 4 N–H and O–H groups in total. The van der Waals surface area contributed by atoms with E-state index in [1.807, 2.05) is 0 Å². The largest absolute Gasteiger partial charge is 0.457 e. The summed E-state index contributed by atoms with van der Waals surface area (Å²) in [6, 6.07) is 0. The smallest absolute Gasteiger partial charge is 0.397 e. The summed E-state index contributed by atoms with van der Waals surface area (Å²) in [5.41, 5.74) is 0. The van der Waals surface area contributed by atoms with Gasteiger partial charge in [-0.25, -0.2) is 4.18 Å². The van der Waals surface area contributed by atoms with E-state index in [-0.39, 0.29) is 19.6 Å². The number of hydrogen-bond donors (Lipinski definition) is 4. The maximum atomic E-state index is 12.8. The van der Waals surface area contributed by atoms with Crippen LogP contribution < -0.4 is 0 Å². The first-order valence-corrected chi connectivity index (χ1v) is 24.0. The van der Waals surface area contributed by atoms with Gasteiger partial charge in [0.15, 0.2) is 6.29 Å². The van der Waals surface area contributed by atoms with Gasteiger partial charge < -0.3 is 34.3 Å². The van der Waals surface area contributed by atoms with E-state index in [0.29, 0.717) is 13.0 Å². The molecule has 57 heavy (non-hydrogen) atoms. The number of aliphatic hydroxyl groups is 3. The van der Waals surface area contributed by atoms with E-state index in [4.69, 9.17) is 23.5 Å². The Bertz CT molecular complexity index is 1100. The molecule has 0 aliphatic carbocycles. The Kier molecular flexibility index (Phi) is 34.3. The van der Waals surface area contributed by atoms with Crippen molar-refractivity contribution in [3.05, 3.63) is 24.3 Å². The summed E-state index contributed by atoms with van der Waals surface area (Å²) in [7, 11) is -5.06. The number of allylic oxidation sites excluding steroid dienone is 4. The van der Waals surface area contributed by atoms with E-state index in [0.717, 1.165) is 51.4 Å². The van der Waals surface area contributed by atoms with Crippen LogP contribution in [-0.2, 0) is 38.3 Å². The monoisotopic (exact) mass is 835 g/mol. The van der Waals surface area contributed by atoms with Crippen molar-refractivity contribution in [2.24, 2.45) is 0 Å². The molecule has 0 aromatic carbocycles. The van der Waals surface area contributed by atoms with Crippen molar-refractivity contribution in [3.63, 3.8) is 0 Å². The Labute approximate surface area is 346 Å². The lowest BCUT2D eigenvalue weighted by Crippen LogP contribution is -2.60. The van der Waals surface area contributed by atoms with Gasteiger partial charge in [-0.1, -0.05) is 160 Å². The third-order valence-corrected chi connectivity index (χ3v) is 10.8. The van der Waals surface area contributed by atoms with Gasteiger partial charge in [0.25, 0.3) is 0 Å². The Balaban J connectivity index is 2.42. The Hall–Kier alpha value is -1.42. The highest BCUT2D eigenvalue weighted by Crippen LogP contribution is 2.26. The van der Waals surface area contributed by atoms with Gasteiger partial charge in [0, 0.05) is 13.0 Å². The first-order chi connectivity index (χ1) is 27.6. The van der Waals surface area contributed by atoms with E-state index in [2.05, 4.69) is 42.3 Å². The van der Waals surface area contributed by atoms with Gasteiger partial charge in [-0.3, -0.25) is 9.35 Å². The number of aliphatic hydroxyl groups excluding tert-OH is 3. The maximum Gasteiger partial charge on any atom is 0.397 e. The Morgan fingerprint density at radius 3 is 1.68 bits per heavy atom. The number of hydrogen-bond acceptors (Lipinski definition) is 11. The van der Waals surface area contributed by atoms with E-state index in [1.165, 1.54) is 109 Å². The van der Waals surface area contributed by atoms with Crippen LogP contribution in [0.1, 0.15) is 187 Å². The number of unbranched alkanes of at least 4 members (excludes halogenated alkanes) is 22. The lowest BCUT2D eigenvalue weighted by molar-refractivity contribution is -0.301. The number of carbonyl (C=O) groups is 1. The zero-order valence-electron chi connectivity index (χ0n) is 35.7. The molecule has 0 radical (unpaired) electrons. The SMILES string of the molecule is CCCCCC/C=C\C/C=C\CCCCCCCCCC(=O)OC(COCCCCCCCCCCCCCC)COC1OC(CO)C(O)C(OS(=O)(=O)O)C1O. The molecule has 1 rings (SSSR count). The molecule has 0 aromatic heterocycles. The summed E-state index contributed by atoms with van der Waals surface area (Å²) >= 11 is 0. The average molecular weight is 835 g/mol. The lowest BCUT2D eigenvalue weighted by atomic mass is 9.99. The van der Waals surface area contributed by atoms with E-state index in [1.54, 1.807) is 0 Å². The molecule has 6 atom stereocenters. The minimum atomic E-state index is -5.06. The summed E-state index contributed by atoms with van der Waals surface area (Å²) < 4.78 is 59.0. The van der Waals surface area contributed by atoms with E-state index in [9.17, 15) is 28.5 Å². The molecule has 1 aliphatic heterocycles. The number of esters is 1. The second-order valence-electron chi connectivity index (χ2n) is 15.6. The highest BCUT2D eigenvalue weighted by atomic mass is 32.3. The van der Waals surface area contributed by atoms with Crippen LogP contribution in [0.2, 0.25) is 0 Å². The van der Waals surface area contributed by atoms with Gasteiger partial charge in [-0.15, -0.1) is 0 Å². The molecular weight excluding hydrogens is 753 g/mol. The van der Waals surface area contributed by atoms with Crippen molar-refractivity contribution in [2.75, 3.05) is 26.4 Å². The van der Waals surface area contributed by atoms with E-state index < -0.39 is 59.8 Å². The normalized spacial score (nSPS) is 20.8. The van der Waals surface area contributed by atoms with Crippen molar-refractivity contribution in [1.82, 2.24) is 0 Å². The first-order valence-electron chi connectivity index (χ1n) is 22.6. The van der Waals surface area contributed by atoms with Crippen molar-refractivity contribution < 1.29 is 56.2 Å². The molecule has 12 nitrogen and oxygen atoms in total. The molecule has 0 saturated carbocycles. The molecule has 1 saturated heterocycles. The minimum Gasteiger partial charge on any atom is -0.457 e. The second-order valence-corrected chi connectivity index (χ2v) is 16.7. The van der Waals surface area contributed by atoms with Crippen LogP contribution in [0, 0.1) is 0 Å². The van der Waals surface area contributed by atoms with Crippen LogP contribution in [0.3, 0.4) is 0 Å². The average Bonchev–Trinajstić information content (AvgIpc) is 3.18. The summed E-state index contributed by atoms with van der Waals surface area (Å²) in [5.74, 6) is -0.406. The Morgan fingerprint density at radius 1 is 0.667 bits per heavy atom. The molecule has 0 spiro atoms. The predicted molar refractivity (Wildman–Crippen MR) is 225 cm³/mol. The fourth-order valence-corrected chi connectivity index (χ4v) is 7.39. The van der Waals surface area contributed by atoms with Crippen LogP contribution in [0.4, 0.5) is 0 Å². The van der Waals surface area contributed by atoms with Crippen LogP contribution in [-0.4, -0.2) is 97.5 Å². The molecule has 6 unspecified atom stereocenters. The Morgan fingerprint density at radius 2 is 1.16 bits per heavy atom. The molecule has 0 amide bonds. The highest BCUT2D eigenvalue weighted by Gasteiger charge is 2.48. The molecule has 1 fully saturated rings. The van der Waals surface area contributed by atoms with Gasteiger partial charge in [0.05, 0.1) is 19.8 Å². The van der Waals surface area contributed by atoms with Gasteiger partial charge >= 0.3 is 16.4 Å². The third kappa shape index (κ3) is 30.3. The molecule has 0 aromatic rings. The second kappa shape index (κ2) is 36.4. The number of rotatable bonds is 39. The number of ether oxygens (including phenoxy) is 4. The van der Waals surface area contributed by atoms with Crippen LogP contribution >= 0.6 is 0 Å². The lowest BCUT2D eigenvalue weighted by Gasteiger charge is -2.41. The van der Waals surface area contributed by atoms with Gasteiger partial charge in [-0.2, -0.15) is 8.42 Å². The van der Waals surface area contributed by atoms with Crippen LogP contribution in [0.15, 0.2) is 24.3 Å². The fourth-order valence-electron chi connectivity index (χ4n) is 6.88. The summed E-state index contributed by atoms with van der Waals surface area (Å²) in [6.45, 7) is 3.97. The van der Waals surface area contributed by atoms with Crippen molar-refractivity contribution >= 4 is 16.4 Å².